The van der Waals surface area contributed by atoms with Crippen molar-refractivity contribution < 1.29 is 14.0 Å². The quantitative estimate of drug-likeness (QED) is 0.843. The third-order valence-electron chi connectivity index (χ3n) is 3.47. The van der Waals surface area contributed by atoms with Crippen LogP contribution >= 0.6 is 0 Å². The molecule has 0 aliphatic carbocycles. The van der Waals surface area contributed by atoms with E-state index in [1.165, 1.54) is 28.9 Å². The molecule has 0 spiro atoms. The second-order valence-electron chi connectivity index (χ2n) is 6.59. The Hall–Kier alpha value is -2.70. The highest BCUT2D eigenvalue weighted by Crippen LogP contribution is 2.21. The topological polar surface area (TPSA) is 76.0 Å². The van der Waals surface area contributed by atoms with Crippen LogP contribution in [0.5, 0.6) is 0 Å². The van der Waals surface area contributed by atoms with Gasteiger partial charge in [-0.2, -0.15) is 5.10 Å². The molecule has 2 aromatic rings. The molecule has 6 nitrogen and oxygen atoms in total. The van der Waals surface area contributed by atoms with Crippen LogP contribution in [0.25, 0.3) is 0 Å². The summed E-state index contributed by atoms with van der Waals surface area (Å²) in [7, 11) is 1.67. The van der Waals surface area contributed by atoms with Crippen molar-refractivity contribution in [3.63, 3.8) is 0 Å². The van der Waals surface area contributed by atoms with Crippen LogP contribution < -0.4 is 10.9 Å². The van der Waals surface area contributed by atoms with Crippen molar-refractivity contribution in [2.24, 2.45) is 7.05 Å². The molecule has 0 radical (unpaired) electrons. The minimum absolute atomic E-state index is 0.0409. The molecule has 0 aliphatic heterocycles. The molecular weight excluding hydrogens is 311 g/mol. The van der Waals surface area contributed by atoms with Crippen molar-refractivity contribution in [2.45, 2.75) is 32.6 Å². The summed E-state index contributed by atoms with van der Waals surface area (Å²) >= 11 is 0. The smallest absolute Gasteiger partial charge is 0.273 e. The molecule has 0 bridgehead atoms. The van der Waals surface area contributed by atoms with Crippen molar-refractivity contribution in [1.29, 1.82) is 0 Å². The summed E-state index contributed by atoms with van der Waals surface area (Å²) in [6, 6.07) is 7.30. The van der Waals surface area contributed by atoms with E-state index < -0.39 is 11.8 Å². The maximum absolute atomic E-state index is 12.8. The van der Waals surface area contributed by atoms with Gasteiger partial charge in [-0.1, -0.05) is 32.9 Å². The predicted molar refractivity (Wildman–Crippen MR) is 87.6 cm³/mol. The van der Waals surface area contributed by atoms with Gasteiger partial charge in [0.05, 0.1) is 12.1 Å². The Balaban J connectivity index is 1.94. The molecule has 0 atom stereocenters. The van der Waals surface area contributed by atoms with Crippen LogP contribution in [0.4, 0.5) is 4.39 Å². The maximum atomic E-state index is 12.8. The first-order valence-corrected chi connectivity index (χ1v) is 7.55. The van der Waals surface area contributed by atoms with Crippen molar-refractivity contribution in [1.82, 2.24) is 20.6 Å². The van der Waals surface area contributed by atoms with Crippen molar-refractivity contribution >= 4 is 11.8 Å². The molecule has 7 heteroatoms. The number of carbonyl (C=O) groups is 2. The molecule has 2 amide bonds. The number of benzene rings is 1. The Morgan fingerprint density at radius 2 is 1.79 bits per heavy atom. The van der Waals surface area contributed by atoms with Crippen LogP contribution in [0.3, 0.4) is 0 Å². The van der Waals surface area contributed by atoms with Gasteiger partial charge in [0, 0.05) is 12.5 Å². The molecular formula is C17H21FN4O2. The van der Waals surface area contributed by atoms with E-state index in [0.717, 1.165) is 5.69 Å². The van der Waals surface area contributed by atoms with Gasteiger partial charge in [-0.05, 0) is 23.8 Å². The van der Waals surface area contributed by atoms with Crippen LogP contribution in [0, 0.1) is 5.82 Å². The number of hydrogen-bond acceptors (Lipinski definition) is 3. The third kappa shape index (κ3) is 4.41. The average molecular weight is 332 g/mol. The molecule has 1 aromatic heterocycles. The van der Waals surface area contributed by atoms with E-state index in [9.17, 15) is 14.0 Å². The molecule has 0 saturated carbocycles. The van der Waals surface area contributed by atoms with Crippen LogP contribution in [-0.4, -0.2) is 21.6 Å². The van der Waals surface area contributed by atoms with Crippen molar-refractivity contribution in [3.05, 3.63) is 53.1 Å². The third-order valence-corrected chi connectivity index (χ3v) is 3.47. The molecule has 24 heavy (non-hydrogen) atoms. The van der Waals surface area contributed by atoms with E-state index >= 15 is 0 Å². The predicted octanol–water partition coefficient (Wildman–Crippen LogP) is 1.86. The van der Waals surface area contributed by atoms with Gasteiger partial charge in [0.1, 0.15) is 11.5 Å². The first kappa shape index (κ1) is 17.7. The number of nitrogens with one attached hydrogen (secondary N) is 2. The Morgan fingerprint density at radius 3 is 2.33 bits per heavy atom. The molecule has 2 rings (SSSR count). The van der Waals surface area contributed by atoms with Gasteiger partial charge in [-0.15, -0.1) is 0 Å². The number of aromatic nitrogens is 2. The van der Waals surface area contributed by atoms with E-state index in [1.54, 1.807) is 13.1 Å². The van der Waals surface area contributed by atoms with Gasteiger partial charge in [0.15, 0.2) is 0 Å². The second kappa shape index (κ2) is 6.82. The molecule has 1 aromatic carbocycles. The first-order valence-electron chi connectivity index (χ1n) is 7.55. The summed E-state index contributed by atoms with van der Waals surface area (Å²) in [6.07, 6.45) is 0.0409. The lowest BCUT2D eigenvalue weighted by atomic mass is 9.92. The zero-order valence-corrected chi connectivity index (χ0v) is 14.2. The number of halogens is 1. The summed E-state index contributed by atoms with van der Waals surface area (Å²) < 4.78 is 14.3. The molecule has 0 unspecified atom stereocenters. The molecule has 0 aliphatic rings. The van der Waals surface area contributed by atoms with Gasteiger partial charge < -0.3 is 0 Å². The minimum atomic E-state index is -0.451. The van der Waals surface area contributed by atoms with Crippen LogP contribution in [0.1, 0.15) is 42.5 Å². The lowest BCUT2D eigenvalue weighted by molar-refractivity contribution is -0.121. The van der Waals surface area contributed by atoms with E-state index in [-0.39, 0.29) is 17.7 Å². The highest BCUT2D eigenvalue weighted by Gasteiger charge is 2.21. The Morgan fingerprint density at radius 1 is 1.17 bits per heavy atom. The summed E-state index contributed by atoms with van der Waals surface area (Å²) in [6.45, 7) is 6.00. The zero-order chi connectivity index (χ0) is 17.9. The molecule has 0 saturated heterocycles. The van der Waals surface area contributed by atoms with Gasteiger partial charge >= 0.3 is 0 Å². The summed E-state index contributed by atoms with van der Waals surface area (Å²) in [5.41, 5.74) is 6.32. The average Bonchev–Trinajstić information content (AvgIpc) is 2.89. The number of rotatable bonds is 3. The minimum Gasteiger partial charge on any atom is -0.273 e. The highest BCUT2D eigenvalue weighted by molar-refractivity contribution is 5.94. The summed E-state index contributed by atoms with van der Waals surface area (Å²) in [5.74, 6) is -1.21. The molecule has 1 heterocycles. The Bertz CT molecular complexity index is 745. The lowest BCUT2D eigenvalue weighted by Gasteiger charge is -2.13. The Kier molecular flexibility index (Phi) is 5.02. The lowest BCUT2D eigenvalue weighted by Crippen LogP contribution is -2.43. The number of aryl methyl sites for hydroxylation is 1. The normalized spacial score (nSPS) is 11.2. The fraction of sp³-hybridized carbons (Fsp3) is 0.353. The van der Waals surface area contributed by atoms with Crippen LogP contribution in [0.15, 0.2) is 30.3 Å². The van der Waals surface area contributed by atoms with Crippen LogP contribution in [-0.2, 0) is 23.7 Å². The monoisotopic (exact) mass is 332 g/mol. The van der Waals surface area contributed by atoms with Crippen molar-refractivity contribution in [3.8, 4) is 0 Å². The molecule has 0 fully saturated rings. The van der Waals surface area contributed by atoms with Crippen LogP contribution in [0.2, 0.25) is 0 Å². The first-order chi connectivity index (χ1) is 11.2. The van der Waals surface area contributed by atoms with Gasteiger partial charge in [0.25, 0.3) is 5.91 Å². The van der Waals surface area contributed by atoms with E-state index in [1.807, 2.05) is 20.8 Å². The zero-order valence-electron chi connectivity index (χ0n) is 14.2. The Labute approximate surface area is 140 Å². The van der Waals surface area contributed by atoms with Crippen molar-refractivity contribution in [2.75, 3.05) is 0 Å². The van der Waals surface area contributed by atoms with Gasteiger partial charge in [0.2, 0.25) is 5.91 Å². The van der Waals surface area contributed by atoms with E-state index in [2.05, 4.69) is 16.0 Å². The highest BCUT2D eigenvalue weighted by atomic mass is 19.1. The number of nitrogens with zero attached hydrogens (tertiary/aromatic N) is 2. The molecule has 128 valence electrons. The van der Waals surface area contributed by atoms with E-state index in [0.29, 0.717) is 11.3 Å². The standard InChI is InChI=1S/C17H21FN4O2/c1-17(2,3)14-10-13(22(4)21-14)16(24)20-19-15(23)9-11-5-7-12(18)8-6-11/h5-8,10H,9H2,1-4H3,(H,19,23)(H,20,24). The SMILES string of the molecule is Cn1nc(C(C)(C)C)cc1C(=O)NNC(=O)Cc1ccc(F)cc1. The largest absolute Gasteiger partial charge is 0.287 e. The summed E-state index contributed by atoms with van der Waals surface area (Å²) in [4.78, 5) is 24.0. The van der Waals surface area contributed by atoms with Gasteiger partial charge in [-0.3, -0.25) is 25.1 Å². The fourth-order valence-electron chi connectivity index (χ4n) is 2.07. The van der Waals surface area contributed by atoms with E-state index in [4.69, 9.17) is 0 Å². The number of hydrazine groups is 1. The fourth-order valence-corrected chi connectivity index (χ4v) is 2.07. The number of amides is 2. The molecule has 2 N–H and O–H groups in total. The number of hydrogen-bond donors (Lipinski definition) is 2. The maximum Gasteiger partial charge on any atom is 0.287 e. The summed E-state index contributed by atoms with van der Waals surface area (Å²) in [5, 5.41) is 4.31. The second-order valence-corrected chi connectivity index (χ2v) is 6.59. The number of carbonyl (C=O) groups excluding carboxylic acids is 2. The van der Waals surface area contributed by atoms with Gasteiger partial charge in [-0.25, -0.2) is 4.39 Å².